The van der Waals surface area contributed by atoms with Crippen molar-refractivity contribution in [1.29, 1.82) is 0 Å². The lowest BCUT2D eigenvalue weighted by atomic mass is 10.0. The Bertz CT molecular complexity index is 1960. The zero-order valence-corrected chi connectivity index (χ0v) is 21.6. The average Bonchev–Trinajstić information content (AvgIpc) is 3.53. The third-order valence-corrected chi connectivity index (χ3v) is 6.63. The van der Waals surface area contributed by atoms with Crippen molar-refractivity contribution in [2.45, 2.75) is 19.9 Å². The molecular formula is C28H25N9O3. The predicted octanol–water partition coefficient (Wildman–Crippen LogP) is 4.10. The number of aromatic hydroxyl groups is 1. The molecule has 1 unspecified atom stereocenters. The van der Waals surface area contributed by atoms with E-state index in [4.69, 9.17) is 10.8 Å². The lowest BCUT2D eigenvalue weighted by molar-refractivity contribution is 0.259. The van der Waals surface area contributed by atoms with Crippen molar-refractivity contribution in [3.63, 3.8) is 0 Å². The number of hydrogen-bond donors (Lipinski definition) is 5. The number of anilines is 2. The number of benzene rings is 2. The topological polar surface area (TPSA) is 168 Å². The zero-order valence-electron chi connectivity index (χ0n) is 21.6. The summed E-state index contributed by atoms with van der Waals surface area (Å²) in [5.74, 6) is 0.911. The van der Waals surface area contributed by atoms with Gasteiger partial charge in [-0.15, -0.1) is 0 Å². The Kier molecular flexibility index (Phi) is 5.91. The molecule has 6 aromatic rings. The Morgan fingerprint density at radius 2 is 1.93 bits per heavy atom. The first-order valence-electron chi connectivity index (χ1n) is 12.5. The van der Waals surface area contributed by atoms with Gasteiger partial charge in [-0.2, -0.15) is 5.10 Å². The van der Waals surface area contributed by atoms with Gasteiger partial charge in [0, 0.05) is 29.7 Å². The quantitative estimate of drug-likeness (QED) is 0.214. The van der Waals surface area contributed by atoms with Gasteiger partial charge in [0.2, 0.25) is 0 Å². The molecule has 0 bridgehead atoms. The number of primary amides is 1. The summed E-state index contributed by atoms with van der Waals surface area (Å²) in [6, 6.07) is 14.6. The smallest absolute Gasteiger partial charge is 0.316 e. The number of hydrogen-bond acceptors (Lipinski definition) is 7. The number of rotatable bonds is 6. The van der Waals surface area contributed by atoms with E-state index in [0.717, 1.165) is 5.56 Å². The molecule has 200 valence electrons. The molecule has 0 radical (unpaired) electrons. The van der Waals surface area contributed by atoms with Gasteiger partial charge in [0.25, 0.3) is 5.56 Å². The molecule has 2 amide bonds. The van der Waals surface area contributed by atoms with Gasteiger partial charge in [-0.1, -0.05) is 18.2 Å². The highest BCUT2D eigenvalue weighted by Gasteiger charge is 2.22. The van der Waals surface area contributed by atoms with Gasteiger partial charge in [0.15, 0.2) is 5.82 Å². The van der Waals surface area contributed by atoms with E-state index in [0.29, 0.717) is 50.7 Å². The third kappa shape index (κ3) is 4.26. The normalized spacial score (nSPS) is 12.1. The van der Waals surface area contributed by atoms with E-state index in [1.807, 2.05) is 50.2 Å². The fourth-order valence-electron chi connectivity index (χ4n) is 4.89. The number of carbonyl (C=O) groups excluding carboxylic acids is 1. The monoisotopic (exact) mass is 535 g/mol. The van der Waals surface area contributed by atoms with Crippen LogP contribution in [0.2, 0.25) is 0 Å². The van der Waals surface area contributed by atoms with Crippen LogP contribution in [-0.2, 0) is 0 Å². The Morgan fingerprint density at radius 1 is 1.12 bits per heavy atom. The number of carbonyl (C=O) groups is 1. The van der Waals surface area contributed by atoms with Crippen LogP contribution in [0.25, 0.3) is 33.4 Å². The highest BCUT2D eigenvalue weighted by Crippen LogP contribution is 2.36. The summed E-state index contributed by atoms with van der Waals surface area (Å²) in [5, 5.41) is 21.7. The molecule has 4 aromatic heterocycles. The number of nitrogens with one attached hydrogen (secondary N) is 3. The number of aryl methyl sites for hydroxylation is 1. The van der Waals surface area contributed by atoms with Crippen LogP contribution in [0, 0.1) is 6.92 Å². The molecule has 0 aliphatic carbocycles. The summed E-state index contributed by atoms with van der Waals surface area (Å²) in [5.41, 5.74) is 9.28. The van der Waals surface area contributed by atoms with Crippen LogP contribution in [0.3, 0.4) is 0 Å². The molecule has 12 heteroatoms. The van der Waals surface area contributed by atoms with Crippen molar-refractivity contribution in [3.8, 4) is 22.6 Å². The van der Waals surface area contributed by atoms with E-state index < -0.39 is 12.1 Å². The molecule has 0 aliphatic heterocycles. The minimum atomic E-state index is -0.748. The maximum absolute atomic E-state index is 13.7. The lowest BCUT2D eigenvalue weighted by Gasteiger charge is -2.20. The van der Waals surface area contributed by atoms with Crippen molar-refractivity contribution >= 4 is 34.1 Å². The summed E-state index contributed by atoms with van der Waals surface area (Å²) in [6.07, 6.45) is 4.94. The van der Waals surface area contributed by atoms with Crippen LogP contribution in [-0.4, -0.2) is 40.3 Å². The highest BCUT2D eigenvalue weighted by molar-refractivity contribution is 6.02. The number of nitrogens with zero attached hydrogens (tertiary/aromatic N) is 5. The van der Waals surface area contributed by atoms with Crippen molar-refractivity contribution < 1.29 is 9.90 Å². The Balaban J connectivity index is 1.48. The third-order valence-electron chi connectivity index (χ3n) is 6.63. The fraction of sp³-hybridized carbons (Fsp3) is 0.107. The van der Waals surface area contributed by atoms with E-state index in [1.165, 1.54) is 12.4 Å². The van der Waals surface area contributed by atoms with Crippen LogP contribution in [0.15, 0.2) is 78.1 Å². The van der Waals surface area contributed by atoms with Crippen molar-refractivity contribution in [2.24, 2.45) is 5.73 Å². The fourth-order valence-corrected chi connectivity index (χ4v) is 4.89. The summed E-state index contributed by atoms with van der Waals surface area (Å²) < 4.78 is 3.20. The second-order valence-corrected chi connectivity index (χ2v) is 9.40. The number of aromatic nitrogens is 6. The number of phenolic OH excluding ortho intramolecular Hbond substituents is 1. The standard InChI is InChI=1S/C28H25N9O3/c1-15-8-9-36-23(15)27(39)37(19-6-4-3-5-7-19)26(35-36)16(2)33-25-22-21(13-30-24(22)31-14-32-25)17-10-18(34-28(29)40)12-20(38)11-17/h3-14,16,38H,1-2H3,(H3,29,34,40)(H2,30,31,32,33). The number of H-pyrrole nitrogens is 1. The first-order chi connectivity index (χ1) is 19.3. The number of para-hydroxylation sites is 1. The van der Waals surface area contributed by atoms with Crippen molar-refractivity contribution in [2.75, 3.05) is 10.6 Å². The van der Waals surface area contributed by atoms with Crippen molar-refractivity contribution in [3.05, 3.63) is 95.1 Å². The number of urea groups is 1. The molecule has 4 heterocycles. The minimum absolute atomic E-state index is 0.0540. The molecule has 0 saturated carbocycles. The lowest BCUT2D eigenvalue weighted by Crippen LogP contribution is -2.29. The molecule has 0 aliphatic rings. The van der Waals surface area contributed by atoms with E-state index >= 15 is 0 Å². The highest BCUT2D eigenvalue weighted by atomic mass is 16.3. The van der Waals surface area contributed by atoms with Crippen LogP contribution < -0.4 is 21.9 Å². The maximum Gasteiger partial charge on any atom is 0.316 e. The van der Waals surface area contributed by atoms with Gasteiger partial charge in [-0.05, 0) is 55.3 Å². The van der Waals surface area contributed by atoms with Gasteiger partial charge in [0.1, 0.15) is 29.1 Å². The van der Waals surface area contributed by atoms with Gasteiger partial charge in [-0.3, -0.25) is 9.36 Å². The van der Waals surface area contributed by atoms with Crippen LogP contribution >= 0.6 is 0 Å². The van der Waals surface area contributed by atoms with E-state index in [9.17, 15) is 14.7 Å². The summed E-state index contributed by atoms with van der Waals surface area (Å²) in [6.45, 7) is 3.78. The van der Waals surface area contributed by atoms with Crippen molar-refractivity contribution in [1.82, 2.24) is 29.1 Å². The molecule has 1 atom stereocenters. The Labute approximate surface area is 227 Å². The number of aromatic amines is 1. The second-order valence-electron chi connectivity index (χ2n) is 9.40. The molecule has 40 heavy (non-hydrogen) atoms. The molecule has 12 nitrogen and oxygen atoms in total. The molecular weight excluding hydrogens is 510 g/mol. The Morgan fingerprint density at radius 3 is 2.70 bits per heavy atom. The zero-order chi connectivity index (χ0) is 28.0. The average molecular weight is 536 g/mol. The van der Waals surface area contributed by atoms with E-state index in [-0.39, 0.29) is 11.3 Å². The second kappa shape index (κ2) is 9.58. The van der Waals surface area contributed by atoms with Crippen LogP contribution in [0.4, 0.5) is 16.3 Å². The number of nitrogens with two attached hydrogens (primary N) is 1. The Hall–Kier alpha value is -5.65. The van der Waals surface area contributed by atoms with Gasteiger partial charge < -0.3 is 26.5 Å². The number of phenols is 1. The van der Waals surface area contributed by atoms with Gasteiger partial charge in [0.05, 0.1) is 17.1 Å². The largest absolute Gasteiger partial charge is 0.508 e. The summed E-state index contributed by atoms with van der Waals surface area (Å²) >= 11 is 0. The molecule has 0 fully saturated rings. The van der Waals surface area contributed by atoms with Gasteiger partial charge in [-0.25, -0.2) is 19.3 Å². The van der Waals surface area contributed by atoms with Crippen LogP contribution in [0.5, 0.6) is 5.75 Å². The molecule has 2 aromatic carbocycles. The number of amides is 2. The van der Waals surface area contributed by atoms with E-state index in [1.54, 1.807) is 33.6 Å². The first-order valence-corrected chi connectivity index (χ1v) is 12.5. The number of fused-ring (bicyclic) bond motifs is 2. The summed E-state index contributed by atoms with van der Waals surface area (Å²) in [7, 11) is 0. The molecule has 6 rings (SSSR count). The first kappa shape index (κ1) is 24.7. The molecule has 6 N–H and O–H groups in total. The SMILES string of the molecule is Cc1ccn2nc(C(C)Nc3ncnc4[nH]cc(-c5cc(O)cc(NC(N)=O)c5)c34)n(-c3ccccc3)c(=O)c12. The van der Waals surface area contributed by atoms with E-state index in [2.05, 4.69) is 25.6 Å². The molecule has 0 saturated heterocycles. The predicted molar refractivity (Wildman–Crippen MR) is 152 cm³/mol. The van der Waals surface area contributed by atoms with Crippen LogP contribution in [0.1, 0.15) is 24.4 Å². The van der Waals surface area contributed by atoms with Gasteiger partial charge >= 0.3 is 6.03 Å². The maximum atomic E-state index is 13.7. The summed E-state index contributed by atoms with van der Waals surface area (Å²) in [4.78, 5) is 37.1. The molecule has 0 spiro atoms. The minimum Gasteiger partial charge on any atom is -0.508 e.